The second kappa shape index (κ2) is 9.68. The predicted molar refractivity (Wildman–Crippen MR) is 105 cm³/mol. The number of rotatable bonds is 8. The molecule has 3 rings (SSSR count). The fraction of sp³-hybridized carbons (Fsp3) is 0.350. The van der Waals surface area contributed by atoms with Gasteiger partial charge < -0.3 is 19.2 Å². The minimum atomic E-state index is -0.239. The van der Waals surface area contributed by atoms with Gasteiger partial charge in [-0.1, -0.05) is 19.1 Å². The Morgan fingerprint density at radius 1 is 1.29 bits per heavy atom. The number of hydrogen-bond donors (Lipinski definition) is 1. The number of benzene rings is 1. The molecule has 2 aromatic heterocycles. The molecule has 2 heterocycles. The van der Waals surface area contributed by atoms with Crippen molar-refractivity contribution >= 4 is 5.96 Å². The first-order valence-corrected chi connectivity index (χ1v) is 9.28. The van der Waals surface area contributed by atoms with E-state index in [-0.39, 0.29) is 5.82 Å². The van der Waals surface area contributed by atoms with Gasteiger partial charge in [0, 0.05) is 33.1 Å². The van der Waals surface area contributed by atoms with Crippen LogP contribution in [0, 0.1) is 5.82 Å². The number of hydrogen-bond acceptors (Lipinski definition) is 4. The van der Waals surface area contributed by atoms with Crippen LogP contribution < -0.4 is 5.32 Å². The molecule has 7 nitrogen and oxygen atoms in total. The summed E-state index contributed by atoms with van der Waals surface area (Å²) in [4.78, 5) is 6.67. The summed E-state index contributed by atoms with van der Waals surface area (Å²) in [7, 11) is 1.95. The fourth-order valence-corrected chi connectivity index (χ4v) is 2.83. The summed E-state index contributed by atoms with van der Waals surface area (Å²) in [6.45, 7) is 4.52. The lowest BCUT2D eigenvalue weighted by molar-refractivity contribution is 0.464. The van der Waals surface area contributed by atoms with Crippen LogP contribution in [0.4, 0.5) is 4.39 Å². The molecule has 0 radical (unpaired) electrons. The van der Waals surface area contributed by atoms with Gasteiger partial charge in [0.1, 0.15) is 30.3 Å². The highest BCUT2D eigenvalue weighted by Gasteiger charge is 2.09. The van der Waals surface area contributed by atoms with Crippen molar-refractivity contribution < 1.29 is 8.81 Å². The smallest absolute Gasteiger partial charge is 0.194 e. The summed E-state index contributed by atoms with van der Waals surface area (Å²) < 4.78 is 20.5. The van der Waals surface area contributed by atoms with Gasteiger partial charge in [0.25, 0.3) is 0 Å². The van der Waals surface area contributed by atoms with Crippen molar-refractivity contribution in [3.05, 3.63) is 72.0 Å². The van der Waals surface area contributed by atoms with E-state index < -0.39 is 0 Å². The minimum Gasteiger partial charge on any atom is -0.467 e. The molecule has 0 atom stereocenters. The fourth-order valence-electron chi connectivity index (χ4n) is 2.83. The molecule has 28 heavy (non-hydrogen) atoms. The second-order valence-electron chi connectivity index (χ2n) is 6.42. The van der Waals surface area contributed by atoms with E-state index in [9.17, 15) is 4.39 Å². The van der Waals surface area contributed by atoms with Gasteiger partial charge in [-0.25, -0.2) is 9.38 Å². The van der Waals surface area contributed by atoms with E-state index in [0.717, 1.165) is 36.1 Å². The third-order valence-electron chi connectivity index (χ3n) is 4.31. The molecule has 0 saturated heterocycles. The predicted octanol–water partition coefficient (Wildman–Crippen LogP) is 2.85. The molecule has 0 fully saturated rings. The molecular weight excluding hydrogens is 359 g/mol. The summed E-state index contributed by atoms with van der Waals surface area (Å²) >= 11 is 0. The monoisotopic (exact) mass is 384 g/mol. The van der Waals surface area contributed by atoms with Gasteiger partial charge in [-0.3, -0.25) is 0 Å². The Kier molecular flexibility index (Phi) is 6.78. The zero-order valence-electron chi connectivity index (χ0n) is 16.2. The van der Waals surface area contributed by atoms with Gasteiger partial charge in [-0.2, -0.15) is 0 Å². The average Bonchev–Trinajstić information content (AvgIpc) is 3.37. The van der Waals surface area contributed by atoms with Crippen LogP contribution in [-0.2, 0) is 26.1 Å². The average molecular weight is 384 g/mol. The molecule has 0 aliphatic carbocycles. The third kappa shape index (κ3) is 5.42. The molecule has 1 N–H and O–H groups in total. The molecule has 0 aliphatic rings. The third-order valence-corrected chi connectivity index (χ3v) is 4.31. The lowest BCUT2D eigenvalue weighted by Gasteiger charge is -2.23. The molecule has 0 spiro atoms. The first kappa shape index (κ1) is 19.6. The summed E-state index contributed by atoms with van der Waals surface area (Å²) in [5.74, 6) is 2.25. The highest BCUT2D eigenvalue weighted by molar-refractivity contribution is 5.79. The molecule has 148 valence electrons. The normalized spacial score (nSPS) is 11.6. The number of aryl methyl sites for hydroxylation is 1. The summed E-state index contributed by atoms with van der Waals surface area (Å²) in [6, 6.07) is 10.2. The molecular formula is C20H25FN6O. The summed E-state index contributed by atoms with van der Waals surface area (Å²) in [5.41, 5.74) is 1.00. The summed E-state index contributed by atoms with van der Waals surface area (Å²) in [5, 5.41) is 11.4. The van der Waals surface area contributed by atoms with Gasteiger partial charge in [0.05, 0.1) is 6.26 Å². The minimum absolute atomic E-state index is 0.239. The molecule has 0 amide bonds. The Balaban J connectivity index is 1.65. The van der Waals surface area contributed by atoms with E-state index >= 15 is 0 Å². The number of halogens is 1. The largest absolute Gasteiger partial charge is 0.467 e. The van der Waals surface area contributed by atoms with Crippen molar-refractivity contribution in [2.45, 2.75) is 33.0 Å². The maximum absolute atomic E-state index is 13.2. The van der Waals surface area contributed by atoms with Gasteiger partial charge in [0.15, 0.2) is 5.96 Å². The topological polar surface area (TPSA) is 71.5 Å². The van der Waals surface area contributed by atoms with Crippen molar-refractivity contribution in [2.75, 3.05) is 13.6 Å². The Morgan fingerprint density at radius 2 is 2.11 bits per heavy atom. The van der Waals surface area contributed by atoms with E-state index in [1.165, 1.54) is 12.1 Å². The van der Waals surface area contributed by atoms with Gasteiger partial charge >= 0.3 is 0 Å². The van der Waals surface area contributed by atoms with E-state index in [0.29, 0.717) is 19.6 Å². The highest BCUT2D eigenvalue weighted by atomic mass is 19.1. The van der Waals surface area contributed by atoms with Crippen LogP contribution in [0.5, 0.6) is 0 Å². The van der Waals surface area contributed by atoms with Crippen LogP contribution in [-0.4, -0.2) is 39.2 Å². The van der Waals surface area contributed by atoms with Crippen molar-refractivity contribution in [1.29, 1.82) is 0 Å². The maximum atomic E-state index is 13.2. The Hall–Kier alpha value is -3.16. The number of nitrogens with zero attached hydrogens (tertiary/aromatic N) is 5. The zero-order chi connectivity index (χ0) is 19.8. The van der Waals surface area contributed by atoms with Gasteiger partial charge in [-0.05, 0) is 29.8 Å². The lowest BCUT2D eigenvalue weighted by Crippen LogP contribution is -2.40. The van der Waals surface area contributed by atoms with Crippen LogP contribution in [0.3, 0.4) is 0 Å². The van der Waals surface area contributed by atoms with Gasteiger partial charge in [0.2, 0.25) is 0 Å². The van der Waals surface area contributed by atoms with Crippen LogP contribution >= 0.6 is 0 Å². The molecule has 3 aromatic rings. The van der Waals surface area contributed by atoms with Crippen LogP contribution in [0.2, 0.25) is 0 Å². The lowest BCUT2D eigenvalue weighted by atomic mass is 10.2. The number of aliphatic imine (C=N–C) groups is 1. The van der Waals surface area contributed by atoms with E-state index in [1.807, 2.05) is 28.6 Å². The Bertz CT molecular complexity index is 873. The first-order chi connectivity index (χ1) is 13.7. The molecule has 0 aliphatic heterocycles. The number of furan rings is 1. The van der Waals surface area contributed by atoms with Crippen molar-refractivity contribution in [2.24, 2.45) is 4.99 Å². The highest BCUT2D eigenvalue weighted by Crippen LogP contribution is 2.07. The molecule has 8 heteroatoms. The number of aromatic nitrogens is 3. The number of nitrogens with one attached hydrogen (secondary N) is 1. The molecule has 0 unspecified atom stereocenters. The quantitative estimate of drug-likeness (QED) is 0.478. The van der Waals surface area contributed by atoms with Crippen molar-refractivity contribution in [1.82, 2.24) is 25.0 Å². The second-order valence-corrected chi connectivity index (χ2v) is 6.42. The van der Waals surface area contributed by atoms with Crippen molar-refractivity contribution in [3.63, 3.8) is 0 Å². The Labute approximate surface area is 163 Å². The maximum Gasteiger partial charge on any atom is 0.194 e. The standard InChI is InChI=1S/C20H25FN6O/c1-3-19-25-24-15-27(19)11-10-22-20(23-13-18-5-4-12-28-18)26(2)14-16-6-8-17(21)9-7-16/h4-9,12,15H,3,10-11,13-14H2,1-2H3,(H,22,23). The van der Waals surface area contributed by atoms with E-state index in [2.05, 4.69) is 27.4 Å². The number of guanidine groups is 1. The van der Waals surface area contributed by atoms with Crippen LogP contribution in [0.25, 0.3) is 0 Å². The molecule has 0 bridgehead atoms. The van der Waals surface area contributed by atoms with Crippen LogP contribution in [0.15, 0.2) is 58.4 Å². The van der Waals surface area contributed by atoms with E-state index in [1.54, 1.807) is 24.7 Å². The SMILES string of the molecule is CCc1nncn1CCNC(=NCc1ccco1)N(C)Cc1ccc(F)cc1. The Morgan fingerprint density at radius 3 is 2.82 bits per heavy atom. The summed E-state index contributed by atoms with van der Waals surface area (Å²) in [6.07, 6.45) is 4.21. The van der Waals surface area contributed by atoms with Crippen LogP contribution in [0.1, 0.15) is 24.1 Å². The molecule has 0 saturated carbocycles. The first-order valence-electron chi connectivity index (χ1n) is 9.28. The van der Waals surface area contributed by atoms with Crippen molar-refractivity contribution in [3.8, 4) is 0 Å². The van der Waals surface area contributed by atoms with E-state index in [4.69, 9.17) is 4.42 Å². The zero-order valence-corrected chi connectivity index (χ0v) is 16.2. The molecule has 1 aromatic carbocycles. The van der Waals surface area contributed by atoms with Gasteiger partial charge in [-0.15, -0.1) is 10.2 Å².